The Bertz CT molecular complexity index is 385. The van der Waals surface area contributed by atoms with Crippen molar-refractivity contribution in [1.82, 2.24) is 0 Å². The lowest BCUT2D eigenvalue weighted by molar-refractivity contribution is -0.139. The van der Waals surface area contributed by atoms with Crippen molar-refractivity contribution in [2.24, 2.45) is 0 Å². The molecule has 0 aliphatic carbocycles. The van der Waals surface area contributed by atoms with Crippen LogP contribution in [-0.4, -0.2) is 12.6 Å². The monoisotopic (exact) mass is 219 g/mol. The zero-order valence-electron chi connectivity index (χ0n) is 9.53. The van der Waals surface area contributed by atoms with Crippen LogP contribution in [0.15, 0.2) is 36.4 Å². The second-order valence-electron chi connectivity index (χ2n) is 3.76. The molecule has 86 valence electrons. The molecular formula is C13H17NO2. The summed E-state index contributed by atoms with van der Waals surface area (Å²) in [6.07, 6.45) is 1.65. The maximum absolute atomic E-state index is 11.1. The smallest absolute Gasteiger partial charge is 0.333 e. The highest BCUT2D eigenvalue weighted by Gasteiger charge is 2.02. The lowest BCUT2D eigenvalue weighted by atomic mass is 10.1. The number of carbonyl (C=O) groups is 1. The third-order valence-corrected chi connectivity index (χ3v) is 2.14. The summed E-state index contributed by atoms with van der Waals surface area (Å²) in [6, 6.07) is 7.71. The lowest BCUT2D eigenvalue weighted by Gasteiger charge is -2.04. The molecule has 0 heterocycles. The van der Waals surface area contributed by atoms with Gasteiger partial charge in [0, 0.05) is 11.3 Å². The Morgan fingerprint density at radius 1 is 1.50 bits per heavy atom. The van der Waals surface area contributed by atoms with Gasteiger partial charge in [-0.05, 0) is 37.5 Å². The van der Waals surface area contributed by atoms with Crippen LogP contribution in [0.1, 0.15) is 18.9 Å². The molecule has 0 atom stereocenters. The Morgan fingerprint density at radius 2 is 2.25 bits per heavy atom. The fourth-order valence-corrected chi connectivity index (χ4v) is 1.31. The number of hydrogen-bond donors (Lipinski definition) is 1. The van der Waals surface area contributed by atoms with Crippen molar-refractivity contribution in [3.05, 3.63) is 42.0 Å². The van der Waals surface area contributed by atoms with Crippen LogP contribution in [0.25, 0.3) is 0 Å². The van der Waals surface area contributed by atoms with Crippen LogP contribution in [0.5, 0.6) is 0 Å². The van der Waals surface area contributed by atoms with Gasteiger partial charge in [0.2, 0.25) is 0 Å². The molecule has 0 aromatic heterocycles. The largest absolute Gasteiger partial charge is 0.462 e. The Morgan fingerprint density at radius 3 is 2.88 bits per heavy atom. The number of ether oxygens (including phenoxy) is 1. The summed E-state index contributed by atoms with van der Waals surface area (Å²) in [5, 5.41) is 0. The fourth-order valence-electron chi connectivity index (χ4n) is 1.31. The number of anilines is 1. The Kier molecular flexibility index (Phi) is 4.58. The molecule has 1 aromatic rings. The highest BCUT2D eigenvalue weighted by molar-refractivity contribution is 5.86. The highest BCUT2D eigenvalue weighted by Crippen LogP contribution is 2.08. The van der Waals surface area contributed by atoms with E-state index in [-0.39, 0.29) is 5.97 Å². The van der Waals surface area contributed by atoms with Gasteiger partial charge in [0.05, 0.1) is 6.61 Å². The zero-order valence-corrected chi connectivity index (χ0v) is 9.53. The molecule has 3 nitrogen and oxygen atoms in total. The standard InChI is InChI=1S/C13H17NO2/c1-10(2)13(15)16-8-4-6-11-5-3-7-12(14)9-11/h3,5,7,9H,1,4,6,8,14H2,2H3. The van der Waals surface area contributed by atoms with Crippen LogP contribution in [0.4, 0.5) is 5.69 Å². The average molecular weight is 219 g/mol. The number of nitrogen functional groups attached to an aromatic ring is 1. The second kappa shape index (κ2) is 5.95. The van der Waals surface area contributed by atoms with Crippen LogP contribution >= 0.6 is 0 Å². The summed E-state index contributed by atoms with van der Waals surface area (Å²) >= 11 is 0. The van der Waals surface area contributed by atoms with Crippen molar-refractivity contribution in [2.75, 3.05) is 12.3 Å². The van der Waals surface area contributed by atoms with Crippen molar-refractivity contribution < 1.29 is 9.53 Å². The molecule has 0 saturated carbocycles. The van der Waals surface area contributed by atoms with Gasteiger partial charge < -0.3 is 10.5 Å². The molecule has 0 bridgehead atoms. The molecule has 16 heavy (non-hydrogen) atoms. The first kappa shape index (κ1) is 12.3. The van der Waals surface area contributed by atoms with Crippen LogP contribution in [0.3, 0.4) is 0 Å². The molecule has 0 aliphatic heterocycles. The molecule has 1 rings (SSSR count). The molecule has 1 aromatic carbocycles. The van der Waals surface area contributed by atoms with E-state index in [1.807, 2.05) is 24.3 Å². The summed E-state index contributed by atoms with van der Waals surface area (Å²) in [4.78, 5) is 11.1. The van der Waals surface area contributed by atoms with Gasteiger partial charge in [0.25, 0.3) is 0 Å². The van der Waals surface area contributed by atoms with Crippen molar-refractivity contribution in [3.8, 4) is 0 Å². The molecule has 0 fully saturated rings. The number of aryl methyl sites for hydroxylation is 1. The van der Waals surface area contributed by atoms with E-state index in [0.717, 1.165) is 24.1 Å². The van der Waals surface area contributed by atoms with Crippen LogP contribution in [0, 0.1) is 0 Å². The number of carbonyl (C=O) groups excluding carboxylic acids is 1. The maximum atomic E-state index is 11.1. The minimum Gasteiger partial charge on any atom is -0.462 e. The molecule has 3 heteroatoms. The average Bonchev–Trinajstić information content (AvgIpc) is 2.24. The predicted octanol–water partition coefficient (Wildman–Crippen LogP) is 2.32. The van der Waals surface area contributed by atoms with E-state index < -0.39 is 0 Å². The van der Waals surface area contributed by atoms with E-state index in [4.69, 9.17) is 10.5 Å². The van der Waals surface area contributed by atoms with Gasteiger partial charge in [0.1, 0.15) is 0 Å². The van der Waals surface area contributed by atoms with Crippen molar-refractivity contribution in [1.29, 1.82) is 0 Å². The first-order chi connectivity index (χ1) is 7.59. The van der Waals surface area contributed by atoms with Gasteiger partial charge in [-0.25, -0.2) is 4.79 Å². The lowest BCUT2D eigenvalue weighted by Crippen LogP contribution is -2.06. The first-order valence-corrected chi connectivity index (χ1v) is 5.26. The minimum absolute atomic E-state index is 0.326. The Hall–Kier alpha value is -1.77. The van der Waals surface area contributed by atoms with Gasteiger partial charge in [-0.3, -0.25) is 0 Å². The number of nitrogens with two attached hydrogens (primary N) is 1. The molecule has 0 saturated heterocycles. The molecule has 2 N–H and O–H groups in total. The van der Waals surface area contributed by atoms with Crippen molar-refractivity contribution in [3.63, 3.8) is 0 Å². The number of rotatable bonds is 5. The van der Waals surface area contributed by atoms with Crippen LogP contribution in [-0.2, 0) is 16.0 Å². The van der Waals surface area contributed by atoms with E-state index in [2.05, 4.69) is 6.58 Å². The highest BCUT2D eigenvalue weighted by atomic mass is 16.5. The van der Waals surface area contributed by atoms with Gasteiger partial charge in [-0.2, -0.15) is 0 Å². The summed E-state index contributed by atoms with van der Waals surface area (Å²) in [6.45, 7) is 5.57. The van der Waals surface area contributed by atoms with Crippen molar-refractivity contribution >= 4 is 11.7 Å². The van der Waals surface area contributed by atoms with E-state index in [1.165, 1.54) is 0 Å². The second-order valence-corrected chi connectivity index (χ2v) is 3.76. The zero-order chi connectivity index (χ0) is 12.0. The number of hydrogen-bond acceptors (Lipinski definition) is 3. The number of benzene rings is 1. The van der Waals surface area contributed by atoms with E-state index in [1.54, 1.807) is 6.92 Å². The van der Waals surface area contributed by atoms with E-state index in [9.17, 15) is 4.79 Å². The van der Waals surface area contributed by atoms with E-state index >= 15 is 0 Å². The van der Waals surface area contributed by atoms with Gasteiger partial charge in [-0.15, -0.1) is 0 Å². The Balaban J connectivity index is 2.26. The molecule has 0 radical (unpaired) electrons. The predicted molar refractivity (Wildman–Crippen MR) is 64.9 cm³/mol. The fraction of sp³-hybridized carbons (Fsp3) is 0.308. The summed E-state index contributed by atoms with van der Waals surface area (Å²) in [5.74, 6) is -0.326. The quantitative estimate of drug-likeness (QED) is 0.358. The van der Waals surface area contributed by atoms with Crippen LogP contribution in [0.2, 0.25) is 0 Å². The van der Waals surface area contributed by atoms with Gasteiger partial charge in [-0.1, -0.05) is 18.7 Å². The molecular weight excluding hydrogens is 202 g/mol. The van der Waals surface area contributed by atoms with Gasteiger partial charge in [0.15, 0.2) is 0 Å². The normalized spacial score (nSPS) is 9.81. The SMILES string of the molecule is C=C(C)C(=O)OCCCc1cccc(N)c1. The third-order valence-electron chi connectivity index (χ3n) is 2.14. The molecule has 0 aliphatic rings. The van der Waals surface area contributed by atoms with Crippen LogP contribution < -0.4 is 5.73 Å². The molecule has 0 amide bonds. The molecule has 0 unspecified atom stereocenters. The number of esters is 1. The summed E-state index contributed by atoms with van der Waals surface area (Å²) in [5.41, 5.74) is 8.01. The molecule has 0 spiro atoms. The Labute approximate surface area is 95.9 Å². The van der Waals surface area contributed by atoms with Crippen molar-refractivity contribution in [2.45, 2.75) is 19.8 Å². The third kappa shape index (κ3) is 4.17. The topological polar surface area (TPSA) is 52.3 Å². The summed E-state index contributed by atoms with van der Waals surface area (Å²) < 4.78 is 4.99. The maximum Gasteiger partial charge on any atom is 0.333 e. The van der Waals surface area contributed by atoms with E-state index in [0.29, 0.717) is 12.2 Å². The summed E-state index contributed by atoms with van der Waals surface area (Å²) in [7, 11) is 0. The first-order valence-electron chi connectivity index (χ1n) is 5.26. The van der Waals surface area contributed by atoms with Gasteiger partial charge >= 0.3 is 5.97 Å². The minimum atomic E-state index is -0.326.